The molecule has 0 amide bonds. The van der Waals surface area contributed by atoms with Gasteiger partial charge in [0.15, 0.2) is 0 Å². The Labute approximate surface area is 161 Å². The minimum Gasteiger partial charge on any atom is -0.180 e. The fourth-order valence-electron chi connectivity index (χ4n) is 0.907. The van der Waals surface area contributed by atoms with Crippen molar-refractivity contribution in [2.24, 2.45) is 0 Å². The van der Waals surface area contributed by atoms with E-state index in [0.717, 1.165) is 5.75 Å². The molecule has 0 radical (unpaired) electrons. The molecular weight excluding hydrogens is 377 g/mol. The molecule has 124 valence electrons. The monoisotopic (exact) mass is 398 g/mol. The minimum absolute atomic E-state index is 0.944. The zero-order valence-corrected chi connectivity index (χ0v) is 17.2. The molecule has 0 spiro atoms. The summed E-state index contributed by atoms with van der Waals surface area (Å²) in [4.78, 5) is 0. The van der Waals surface area contributed by atoms with Crippen molar-refractivity contribution in [3.05, 3.63) is 91.6 Å². The summed E-state index contributed by atoms with van der Waals surface area (Å²) < 4.78 is 0. The molecule has 0 saturated carbocycles. The van der Waals surface area contributed by atoms with Gasteiger partial charge in [-0.15, -0.1) is 0 Å². The second-order valence-electron chi connectivity index (χ2n) is 3.49. The Kier molecular flexibility index (Phi) is 20.4. The zero-order chi connectivity index (χ0) is 16.8. The molecule has 23 heavy (non-hydrogen) atoms. The standard InChI is InChI=1S/4C4H4S.C2H6S/c4*1-2-4-5-3-1;1-2-3/h4*1-4H;3H,2H2,1H3. The van der Waals surface area contributed by atoms with Crippen molar-refractivity contribution in [2.75, 3.05) is 5.75 Å². The first kappa shape index (κ1) is 22.1. The lowest BCUT2D eigenvalue weighted by Gasteiger charge is -1.48. The van der Waals surface area contributed by atoms with Gasteiger partial charge in [0.25, 0.3) is 0 Å². The summed E-state index contributed by atoms with van der Waals surface area (Å²) in [5, 5.41) is 16.3. The van der Waals surface area contributed by atoms with Crippen molar-refractivity contribution >= 4 is 58.0 Å². The summed E-state index contributed by atoms with van der Waals surface area (Å²) in [6.45, 7) is 1.99. The van der Waals surface area contributed by atoms with E-state index >= 15 is 0 Å². The first-order valence-electron chi connectivity index (χ1n) is 6.91. The van der Waals surface area contributed by atoms with E-state index in [1.165, 1.54) is 0 Å². The summed E-state index contributed by atoms with van der Waals surface area (Å²) in [6.07, 6.45) is 0. The third-order valence-electron chi connectivity index (χ3n) is 1.70. The van der Waals surface area contributed by atoms with E-state index in [-0.39, 0.29) is 0 Å². The average Bonchev–Trinajstić information content (AvgIpc) is 3.47. The maximum atomic E-state index is 3.79. The molecule has 4 heterocycles. The Hall–Kier alpha value is -0.850. The van der Waals surface area contributed by atoms with Crippen LogP contribution in [0.3, 0.4) is 0 Å². The highest BCUT2D eigenvalue weighted by Crippen LogP contribution is 1.93. The fraction of sp³-hybridized carbons (Fsp3) is 0.111. The number of hydrogen-bond donors (Lipinski definition) is 1. The highest BCUT2D eigenvalue weighted by atomic mass is 32.1. The van der Waals surface area contributed by atoms with Gasteiger partial charge in [-0.05, 0) is 48.8 Å². The second-order valence-corrected chi connectivity index (χ2v) is 7.39. The molecule has 0 nitrogen and oxygen atoms in total. The highest BCUT2D eigenvalue weighted by Gasteiger charge is 1.60. The molecule has 0 N–H and O–H groups in total. The third-order valence-corrected chi connectivity index (χ3v) is 4.22. The molecule has 0 fully saturated rings. The average molecular weight is 399 g/mol. The van der Waals surface area contributed by atoms with Crippen LogP contribution in [0, 0.1) is 0 Å². The molecule has 0 aliphatic rings. The quantitative estimate of drug-likeness (QED) is 0.286. The van der Waals surface area contributed by atoms with Gasteiger partial charge in [-0.25, -0.2) is 0 Å². The Morgan fingerprint density at radius 2 is 0.609 bits per heavy atom. The predicted molar refractivity (Wildman–Crippen MR) is 117 cm³/mol. The maximum absolute atomic E-state index is 3.79. The molecule has 0 saturated heterocycles. The topological polar surface area (TPSA) is 0 Å². The first-order valence-corrected chi connectivity index (χ1v) is 11.3. The van der Waals surface area contributed by atoms with E-state index in [1.54, 1.807) is 45.3 Å². The fourth-order valence-corrected chi connectivity index (χ4v) is 2.72. The Morgan fingerprint density at radius 3 is 0.652 bits per heavy atom. The summed E-state index contributed by atoms with van der Waals surface area (Å²) in [6, 6.07) is 16.1. The van der Waals surface area contributed by atoms with Crippen LogP contribution >= 0.6 is 58.0 Å². The number of thiol groups is 1. The Balaban J connectivity index is 0.000000266. The predicted octanol–water partition coefficient (Wildman–Crippen LogP) is 7.93. The van der Waals surface area contributed by atoms with Crippen molar-refractivity contribution in [3.63, 3.8) is 0 Å². The molecule has 0 aromatic carbocycles. The van der Waals surface area contributed by atoms with Crippen molar-refractivity contribution in [2.45, 2.75) is 6.92 Å². The zero-order valence-electron chi connectivity index (χ0n) is 13.0. The van der Waals surface area contributed by atoms with Gasteiger partial charge in [0.1, 0.15) is 0 Å². The first-order chi connectivity index (χ1) is 11.4. The number of rotatable bonds is 0. The molecule has 5 heteroatoms. The Morgan fingerprint density at radius 1 is 0.478 bits per heavy atom. The molecule has 4 rings (SSSR count). The van der Waals surface area contributed by atoms with Gasteiger partial charge in [-0.1, -0.05) is 55.5 Å². The van der Waals surface area contributed by atoms with Crippen LogP contribution in [0.5, 0.6) is 0 Å². The van der Waals surface area contributed by atoms with Gasteiger partial charge in [-0.3, -0.25) is 0 Å². The van der Waals surface area contributed by atoms with Crippen molar-refractivity contribution in [1.82, 2.24) is 0 Å². The lowest BCUT2D eigenvalue weighted by atomic mass is 10.7. The summed E-state index contributed by atoms with van der Waals surface area (Å²) in [7, 11) is 0. The molecule has 4 aromatic heterocycles. The van der Waals surface area contributed by atoms with Gasteiger partial charge >= 0.3 is 0 Å². The van der Waals surface area contributed by atoms with E-state index in [2.05, 4.69) is 12.6 Å². The second kappa shape index (κ2) is 21.1. The van der Waals surface area contributed by atoms with Crippen LogP contribution in [0.2, 0.25) is 0 Å². The van der Waals surface area contributed by atoms with Crippen LogP contribution in [0.1, 0.15) is 6.92 Å². The summed E-state index contributed by atoms with van der Waals surface area (Å²) >= 11 is 10.6. The molecule has 0 bridgehead atoms. The molecule has 0 unspecified atom stereocenters. The van der Waals surface area contributed by atoms with Crippen LogP contribution in [0.15, 0.2) is 91.6 Å². The summed E-state index contributed by atoms with van der Waals surface area (Å²) in [5.74, 6) is 0.944. The SMILES string of the molecule is CCS.c1ccsc1.c1ccsc1.c1ccsc1.c1ccsc1. The molecule has 0 aliphatic heterocycles. The molecule has 0 aliphatic carbocycles. The van der Waals surface area contributed by atoms with Crippen molar-refractivity contribution < 1.29 is 0 Å². The van der Waals surface area contributed by atoms with E-state index in [1.807, 2.05) is 98.5 Å². The van der Waals surface area contributed by atoms with E-state index < -0.39 is 0 Å². The van der Waals surface area contributed by atoms with Gasteiger partial charge in [-0.2, -0.15) is 58.0 Å². The molecule has 4 aromatic rings. The minimum atomic E-state index is 0.944. The van der Waals surface area contributed by atoms with E-state index in [9.17, 15) is 0 Å². The highest BCUT2D eigenvalue weighted by molar-refractivity contribution is 7.80. The van der Waals surface area contributed by atoms with Crippen LogP contribution in [-0.2, 0) is 0 Å². The Bertz CT molecular complexity index is 363. The van der Waals surface area contributed by atoms with E-state index in [4.69, 9.17) is 0 Å². The van der Waals surface area contributed by atoms with Crippen LogP contribution in [0.25, 0.3) is 0 Å². The molecular formula is C18H22S5. The lowest BCUT2D eigenvalue weighted by Crippen LogP contribution is -1.36. The normalized spacial score (nSPS) is 7.74. The third kappa shape index (κ3) is 21.1. The lowest BCUT2D eigenvalue weighted by molar-refractivity contribution is 1.54. The maximum Gasteiger partial charge on any atom is -0.00934 e. The molecule has 0 atom stereocenters. The number of hydrogen-bond acceptors (Lipinski definition) is 5. The van der Waals surface area contributed by atoms with Crippen LogP contribution in [-0.4, -0.2) is 5.75 Å². The van der Waals surface area contributed by atoms with Crippen molar-refractivity contribution in [3.8, 4) is 0 Å². The van der Waals surface area contributed by atoms with E-state index in [0.29, 0.717) is 0 Å². The van der Waals surface area contributed by atoms with Gasteiger partial charge in [0.2, 0.25) is 0 Å². The van der Waals surface area contributed by atoms with Gasteiger partial charge in [0, 0.05) is 0 Å². The van der Waals surface area contributed by atoms with Crippen LogP contribution in [0.4, 0.5) is 0 Å². The summed E-state index contributed by atoms with van der Waals surface area (Å²) in [5.41, 5.74) is 0. The van der Waals surface area contributed by atoms with Gasteiger partial charge in [0.05, 0.1) is 0 Å². The largest absolute Gasteiger partial charge is 0.180 e. The number of thiophene rings is 4. The smallest absolute Gasteiger partial charge is 0.00934 e. The van der Waals surface area contributed by atoms with Gasteiger partial charge < -0.3 is 0 Å². The van der Waals surface area contributed by atoms with Crippen molar-refractivity contribution in [1.29, 1.82) is 0 Å². The van der Waals surface area contributed by atoms with Crippen LogP contribution < -0.4 is 0 Å².